The second kappa shape index (κ2) is 7.56. The van der Waals surface area contributed by atoms with E-state index in [4.69, 9.17) is 12.2 Å². The normalized spacial score (nSPS) is 10.3. The average molecular weight is 322 g/mol. The summed E-state index contributed by atoms with van der Waals surface area (Å²) < 4.78 is 0. The summed E-state index contributed by atoms with van der Waals surface area (Å²) in [5.41, 5.74) is 2.02. The fraction of sp³-hybridized carbons (Fsp3) is 0.111. The van der Waals surface area contributed by atoms with Crippen LogP contribution in [0.1, 0.15) is 0 Å². The molecule has 0 bridgehead atoms. The van der Waals surface area contributed by atoms with Crippen molar-refractivity contribution in [2.75, 3.05) is 23.7 Å². The van der Waals surface area contributed by atoms with Gasteiger partial charge in [-0.25, -0.2) is 0 Å². The van der Waals surface area contributed by atoms with E-state index in [2.05, 4.69) is 63.4 Å². The van der Waals surface area contributed by atoms with Crippen molar-refractivity contribution < 1.29 is 0 Å². The van der Waals surface area contributed by atoms with Crippen LogP contribution in [-0.2, 0) is 0 Å². The highest BCUT2D eigenvalue weighted by Gasteiger charge is 2.00. The van der Waals surface area contributed by atoms with Crippen molar-refractivity contribution in [3.8, 4) is 0 Å². The van der Waals surface area contributed by atoms with Gasteiger partial charge in [-0.3, -0.25) is 4.98 Å². The Morgan fingerprint density at radius 2 is 1.83 bits per heavy atom. The lowest BCUT2D eigenvalue weighted by atomic mass is 10.1. The Morgan fingerprint density at radius 3 is 2.70 bits per heavy atom. The third kappa shape index (κ3) is 4.17. The molecule has 1 heterocycles. The summed E-state index contributed by atoms with van der Waals surface area (Å²) in [6, 6.07) is 18.4. The summed E-state index contributed by atoms with van der Waals surface area (Å²) in [5.74, 6) is 0. The molecule has 0 radical (unpaired) electrons. The van der Waals surface area contributed by atoms with Crippen molar-refractivity contribution >= 4 is 39.5 Å². The zero-order valence-electron chi connectivity index (χ0n) is 12.6. The summed E-state index contributed by atoms with van der Waals surface area (Å²) >= 11 is 5.27. The predicted octanol–water partition coefficient (Wildman–Crippen LogP) is 3.63. The Bertz CT molecular complexity index is 784. The van der Waals surface area contributed by atoms with Crippen LogP contribution in [0.3, 0.4) is 0 Å². The molecule has 3 N–H and O–H groups in total. The molecule has 0 fully saturated rings. The molecule has 0 spiro atoms. The first-order valence-electron chi connectivity index (χ1n) is 7.49. The van der Waals surface area contributed by atoms with E-state index in [0.717, 1.165) is 24.5 Å². The molecular formula is C18H18N4S. The monoisotopic (exact) mass is 322 g/mol. The van der Waals surface area contributed by atoms with E-state index in [9.17, 15) is 0 Å². The molecule has 0 aliphatic rings. The van der Waals surface area contributed by atoms with Gasteiger partial charge in [-0.2, -0.15) is 0 Å². The second-order valence-corrected chi connectivity index (χ2v) is 5.48. The quantitative estimate of drug-likeness (QED) is 0.495. The SMILES string of the molecule is S=C(NCCNc1cccc2ccccc12)Nc1cccnc1. The first-order chi connectivity index (χ1) is 11.3. The van der Waals surface area contributed by atoms with Gasteiger partial charge in [0.15, 0.2) is 5.11 Å². The number of aromatic nitrogens is 1. The number of rotatable bonds is 5. The van der Waals surface area contributed by atoms with E-state index in [1.807, 2.05) is 12.1 Å². The fourth-order valence-electron chi connectivity index (χ4n) is 2.36. The standard InChI is InChI=1S/C18H18N4S/c23-18(22-15-7-4-10-19-13-15)21-12-11-20-17-9-3-6-14-5-1-2-8-16(14)17/h1-10,13,20H,11-12H2,(H2,21,22,23). The van der Waals surface area contributed by atoms with Crippen LogP contribution in [0.2, 0.25) is 0 Å². The van der Waals surface area contributed by atoms with Gasteiger partial charge in [0, 0.05) is 30.4 Å². The summed E-state index contributed by atoms with van der Waals surface area (Å²) in [6.07, 6.45) is 3.47. The highest BCUT2D eigenvalue weighted by molar-refractivity contribution is 7.80. The largest absolute Gasteiger partial charge is 0.383 e. The molecule has 23 heavy (non-hydrogen) atoms. The molecule has 0 aliphatic heterocycles. The lowest BCUT2D eigenvalue weighted by molar-refractivity contribution is 0.916. The molecule has 1 aromatic heterocycles. The number of pyridine rings is 1. The van der Waals surface area contributed by atoms with E-state index < -0.39 is 0 Å². The second-order valence-electron chi connectivity index (χ2n) is 5.08. The third-order valence-electron chi connectivity index (χ3n) is 3.44. The molecule has 5 heteroatoms. The van der Waals surface area contributed by atoms with E-state index in [1.54, 1.807) is 12.4 Å². The smallest absolute Gasteiger partial charge is 0.170 e. The lowest BCUT2D eigenvalue weighted by Gasteiger charge is -2.12. The van der Waals surface area contributed by atoms with Crippen LogP contribution < -0.4 is 16.0 Å². The van der Waals surface area contributed by atoms with Crippen LogP contribution in [-0.4, -0.2) is 23.2 Å². The molecule has 2 aromatic carbocycles. The molecule has 0 saturated carbocycles. The van der Waals surface area contributed by atoms with Crippen LogP contribution in [0.15, 0.2) is 67.0 Å². The first kappa shape index (κ1) is 15.2. The Hall–Kier alpha value is -2.66. The molecule has 0 atom stereocenters. The maximum absolute atomic E-state index is 5.27. The molecule has 0 unspecified atom stereocenters. The molecule has 116 valence electrons. The van der Waals surface area contributed by atoms with Gasteiger partial charge < -0.3 is 16.0 Å². The van der Waals surface area contributed by atoms with Crippen LogP contribution in [0, 0.1) is 0 Å². The van der Waals surface area contributed by atoms with Gasteiger partial charge in [0.2, 0.25) is 0 Å². The van der Waals surface area contributed by atoms with Crippen LogP contribution in [0.5, 0.6) is 0 Å². The van der Waals surface area contributed by atoms with Crippen LogP contribution in [0.25, 0.3) is 10.8 Å². The summed E-state index contributed by atoms with van der Waals surface area (Å²) in [4.78, 5) is 4.04. The van der Waals surface area contributed by atoms with Gasteiger partial charge in [0.05, 0.1) is 11.9 Å². The maximum Gasteiger partial charge on any atom is 0.170 e. The van der Waals surface area contributed by atoms with E-state index in [0.29, 0.717) is 5.11 Å². The van der Waals surface area contributed by atoms with Gasteiger partial charge in [-0.05, 0) is 35.8 Å². The maximum atomic E-state index is 5.27. The first-order valence-corrected chi connectivity index (χ1v) is 7.90. The van der Waals surface area contributed by atoms with Crippen molar-refractivity contribution in [3.63, 3.8) is 0 Å². The fourth-order valence-corrected chi connectivity index (χ4v) is 2.58. The molecule has 3 aromatic rings. The highest BCUT2D eigenvalue weighted by atomic mass is 32.1. The van der Waals surface area contributed by atoms with Gasteiger partial charge in [-0.1, -0.05) is 36.4 Å². The molecule has 3 rings (SSSR count). The average Bonchev–Trinajstić information content (AvgIpc) is 2.60. The number of thiocarbonyl (C=S) groups is 1. The molecular weight excluding hydrogens is 304 g/mol. The summed E-state index contributed by atoms with van der Waals surface area (Å²) in [6.45, 7) is 1.51. The third-order valence-corrected chi connectivity index (χ3v) is 3.68. The van der Waals surface area contributed by atoms with Crippen molar-refractivity contribution in [3.05, 3.63) is 67.0 Å². The number of nitrogens with one attached hydrogen (secondary N) is 3. The minimum absolute atomic E-state index is 0.595. The van der Waals surface area contributed by atoms with Crippen LogP contribution >= 0.6 is 12.2 Å². The van der Waals surface area contributed by atoms with Crippen molar-refractivity contribution in [2.45, 2.75) is 0 Å². The number of hydrogen-bond donors (Lipinski definition) is 3. The van der Waals surface area contributed by atoms with Crippen molar-refractivity contribution in [1.82, 2.24) is 10.3 Å². The lowest BCUT2D eigenvalue weighted by Crippen LogP contribution is -2.32. The number of hydrogen-bond acceptors (Lipinski definition) is 3. The van der Waals surface area contributed by atoms with Gasteiger partial charge in [-0.15, -0.1) is 0 Å². The van der Waals surface area contributed by atoms with E-state index in [1.165, 1.54) is 10.8 Å². The zero-order valence-corrected chi connectivity index (χ0v) is 13.4. The van der Waals surface area contributed by atoms with Gasteiger partial charge in [0.1, 0.15) is 0 Å². The van der Waals surface area contributed by atoms with E-state index >= 15 is 0 Å². The van der Waals surface area contributed by atoms with Crippen LogP contribution in [0.4, 0.5) is 11.4 Å². The summed E-state index contributed by atoms with van der Waals surface area (Å²) in [7, 11) is 0. The zero-order chi connectivity index (χ0) is 15.9. The Kier molecular flexibility index (Phi) is 5.01. The topological polar surface area (TPSA) is 49.0 Å². The summed E-state index contributed by atoms with van der Waals surface area (Å²) in [5, 5.41) is 12.8. The Labute approximate surface area is 140 Å². The molecule has 0 aliphatic carbocycles. The molecule has 4 nitrogen and oxygen atoms in total. The number of fused-ring (bicyclic) bond motifs is 1. The molecule has 0 saturated heterocycles. The van der Waals surface area contributed by atoms with Gasteiger partial charge in [0.25, 0.3) is 0 Å². The minimum Gasteiger partial charge on any atom is -0.383 e. The molecule has 0 amide bonds. The highest BCUT2D eigenvalue weighted by Crippen LogP contribution is 2.22. The minimum atomic E-state index is 0.595. The Morgan fingerprint density at radius 1 is 0.957 bits per heavy atom. The number of nitrogens with zero attached hydrogens (tertiary/aromatic N) is 1. The van der Waals surface area contributed by atoms with E-state index in [-0.39, 0.29) is 0 Å². The number of benzene rings is 2. The Balaban J connectivity index is 1.49. The van der Waals surface area contributed by atoms with Crippen molar-refractivity contribution in [1.29, 1.82) is 0 Å². The van der Waals surface area contributed by atoms with Crippen molar-refractivity contribution in [2.24, 2.45) is 0 Å². The van der Waals surface area contributed by atoms with Gasteiger partial charge >= 0.3 is 0 Å². The predicted molar refractivity (Wildman–Crippen MR) is 101 cm³/mol. The number of anilines is 2.